The molecule has 0 radical (unpaired) electrons. The Labute approximate surface area is 97.1 Å². The summed E-state index contributed by atoms with van der Waals surface area (Å²) < 4.78 is 1.31. The van der Waals surface area contributed by atoms with Gasteiger partial charge in [0.25, 0.3) is 0 Å². The summed E-state index contributed by atoms with van der Waals surface area (Å²) in [5.74, 6) is 0. The maximum atomic E-state index is 8.70. The van der Waals surface area contributed by atoms with Crippen molar-refractivity contribution in [2.75, 3.05) is 6.61 Å². The molecule has 1 heterocycles. The number of rotatable bonds is 3. The van der Waals surface area contributed by atoms with Crippen LogP contribution < -0.4 is 5.73 Å². The molecule has 0 aliphatic carbocycles. The Kier molecular flexibility index (Phi) is 6.29. The van der Waals surface area contributed by atoms with Gasteiger partial charge >= 0.3 is 0 Å². The second-order valence-electron chi connectivity index (χ2n) is 2.50. The fourth-order valence-corrected chi connectivity index (χ4v) is 2.37. The van der Waals surface area contributed by atoms with Gasteiger partial charge in [0, 0.05) is 6.04 Å². The van der Waals surface area contributed by atoms with E-state index in [0.717, 1.165) is 5.56 Å². The van der Waals surface area contributed by atoms with Crippen molar-refractivity contribution in [2.45, 2.75) is 12.5 Å². The van der Waals surface area contributed by atoms with Crippen molar-refractivity contribution in [1.29, 1.82) is 0 Å². The third kappa shape index (κ3) is 4.02. The minimum Gasteiger partial charge on any atom is -0.395 e. The molecule has 0 spiro atoms. The summed E-state index contributed by atoms with van der Waals surface area (Å²) in [4.78, 5) is 0. The van der Waals surface area contributed by atoms with Crippen molar-refractivity contribution in [3.05, 3.63) is 20.3 Å². The summed E-state index contributed by atoms with van der Waals surface area (Å²) in [7, 11) is 0. The molecule has 0 amide bonds. The molecule has 0 saturated carbocycles. The van der Waals surface area contributed by atoms with Crippen LogP contribution in [0, 0.1) is 0 Å². The highest BCUT2D eigenvalue weighted by Gasteiger charge is 2.09. The van der Waals surface area contributed by atoms with Crippen LogP contribution in [0.3, 0.4) is 0 Å². The minimum absolute atomic E-state index is 0. The largest absolute Gasteiger partial charge is 0.395 e. The van der Waals surface area contributed by atoms with Gasteiger partial charge in [-0.1, -0.05) is 23.2 Å². The van der Waals surface area contributed by atoms with Crippen molar-refractivity contribution in [3.63, 3.8) is 0 Å². The molecule has 76 valence electrons. The van der Waals surface area contributed by atoms with E-state index < -0.39 is 0 Å². The standard InChI is InChI=1S/C7H9Cl2NOS.ClH/c8-6-2-4(7(9)12-6)1-5(10)3-11;/h2,5,11H,1,3,10H2;1H. The highest BCUT2D eigenvalue weighted by atomic mass is 35.5. The lowest BCUT2D eigenvalue weighted by Gasteiger charge is -2.05. The molecule has 1 rings (SSSR count). The monoisotopic (exact) mass is 261 g/mol. The fourth-order valence-electron chi connectivity index (χ4n) is 0.861. The van der Waals surface area contributed by atoms with E-state index in [1.165, 1.54) is 11.3 Å². The van der Waals surface area contributed by atoms with Gasteiger partial charge in [0.05, 0.1) is 15.3 Å². The summed E-state index contributed by atoms with van der Waals surface area (Å²) in [5.41, 5.74) is 6.45. The number of aliphatic hydroxyl groups excluding tert-OH is 1. The van der Waals surface area contributed by atoms with E-state index in [9.17, 15) is 0 Å². The molecule has 13 heavy (non-hydrogen) atoms. The molecular weight excluding hydrogens is 253 g/mol. The van der Waals surface area contributed by atoms with Crippen LogP contribution >= 0.6 is 46.9 Å². The lowest BCUT2D eigenvalue weighted by Crippen LogP contribution is -2.26. The first kappa shape index (κ1) is 13.5. The Hall–Kier alpha value is 0.490. The normalized spacial score (nSPS) is 12.3. The van der Waals surface area contributed by atoms with Gasteiger partial charge in [-0.05, 0) is 18.1 Å². The summed E-state index contributed by atoms with van der Waals surface area (Å²) >= 11 is 12.9. The van der Waals surface area contributed by atoms with Crippen molar-refractivity contribution in [3.8, 4) is 0 Å². The first-order valence-corrected chi connectivity index (χ1v) is 5.01. The zero-order valence-corrected chi connectivity index (χ0v) is 9.81. The quantitative estimate of drug-likeness (QED) is 0.878. The molecule has 3 N–H and O–H groups in total. The number of hydrogen-bond acceptors (Lipinski definition) is 3. The van der Waals surface area contributed by atoms with Crippen LogP contribution in [0.4, 0.5) is 0 Å². The molecule has 1 aromatic rings. The first-order valence-electron chi connectivity index (χ1n) is 3.43. The summed E-state index contributed by atoms with van der Waals surface area (Å²) in [6, 6.07) is 1.53. The van der Waals surface area contributed by atoms with Crippen LogP contribution in [0.1, 0.15) is 5.56 Å². The lowest BCUT2D eigenvalue weighted by molar-refractivity contribution is 0.265. The Balaban J connectivity index is 0.00000144. The lowest BCUT2D eigenvalue weighted by atomic mass is 10.1. The van der Waals surface area contributed by atoms with E-state index in [2.05, 4.69) is 0 Å². The maximum absolute atomic E-state index is 8.70. The van der Waals surface area contributed by atoms with Gasteiger partial charge < -0.3 is 10.8 Å². The molecule has 0 bridgehead atoms. The summed E-state index contributed by atoms with van der Waals surface area (Å²) in [6.07, 6.45) is 0.568. The van der Waals surface area contributed by atoms with E-state index in [-0.39, 0.29) is 25.1 Å². The third-order valence-corrected chi connectivity index (χ3v) is 3.01. The molecule has 2 nitrogen and oxygen atoms in total. The third-order valence-electron chi connectivity index (χ3n) is 1.44. The van der Waals surface area contributed by atoms with Gasteiger partial charge in [-0.25, -0.2) is 0 Å². The van der Waals surface area contributed by atoms with Crippen LogP contribution in [0.2, 0.25) is 8.67 Å². The zero-order chi connectivity index (χ0) is 9.14. The first-order chi connectivity index (χ1) is 5.63. The van der Waals surface area contributed by atoms with Gasteiger partial charge in [-0.2, -0.15) is 0 Å². The topological polar surface area (TPSA) is 46.2 Å². The number of aliphatic hydroxyl groups is 1. The Morgan fingerprint density at radius 1 is 1.54 bits per heavy atom. The Morgan fingerprint density at radius 3 is 2.54 bits per heavy atom. The smallest absolute Gasteiger partial charge is 0.0976 e. The summed E-state index contributed by atoms with van der Waals surface area (Å²) in [5, 5.41) is 8.70. The highest BCUT2D eigenvalue weighted by molar-refractivity contribution is 7.20. The van der Waals surface area contributed by atoms with Crippen LogP contribution in [-0.2, 0) is 6.42 Å². The van der Waals surface area contributed by atoms with Gasteiger partial charge in [0.2, 0.25) is 0 Å². The second kappa shape index (κ2) is 6.06. The van der Waals surface area contributed by atoms with E-state index >= 15 is 0 Å². The van der Waals surface area contributed by atoms with Crippen LogP contribution in [-0.4, -0.2) is 17.8 Å². The number of halogens is 3. The van der Waals surface area contributed by atoms with Gasteiger partial charge in [0.15, 0.2) is 0 Å². The molecule has 0 aliphatic rings. The molecule has 1 unspecified atom stereocenters. The van der Waals surface area contributed by atoms with Crippen molar-refractivity contribution >= 4 is 46.9 Å². The number of thiophene rings is 1. The van der Waals surface area contributed by atoms with E-state index in [1.807, 2.05) is 0 Å². The Morgan fingerprint density at radius 2 is 2.15 bits per heavy atom. The van der Waals surface area contributed by atoms with Gasteiger partial charge in [-0.3, -0.25) is 0 Å². The zero-order valence-electron chi connectivity index (χ0n) is 6.67. The molecule has 0 aliphatic heterocycles. The van der Waals surface area contributed by atoms with Gasteiger partial charge in [-0.15, -0.1) is 23.7 Å². The average molecular weight is 263 g/mol. The molecule has 0 saturated heterocycles. The SMILES string of the molecule is Cl.NC(CO)Cc1cc(Cl)sc1Cl. The fraction of sp³-hybridized carbons (Fsp3) is 0.429. The molecular formula is C7H10Cl3NOS. The molecule has 6 heteroatoms. The molecule has 0 fully saturated rings. The van der Waals surface area contributed by atoms with Crippen LogP contribution in [0.5, 0.6) is 0 Å². The average Bonchev–Trinajstić information content (AvgIpc) is 2.30. The number of nitrogens with two attached hydrogens (primary N) is 1. The van der Waals surface area contributed by atoms with Crippen molar-refractivity contribution in [1.82, 2.24) is 0 Å². The minimum atomic E-state index is -0.256. The summed E-state index contributed by atoms with van der Waals surface area (Å²) in [6.45, 7) is -0.0379. The molecule has 1 atom stereocenters. The predicted octanol–water partition coefficient (Wildman–Crippen LogP) is 2.34. The number of hydrogen-bond donors (Lipinski definition) is 2. The molecule has 0 aromatic carbocycles. The van der Waals surface area contributed by atoms with Gasteiger partial charge in [0.1, 0.15) is 0 Å². The second-order valence-corrected chi connectivity index (χ2v) is 4.78. The predicted molar refractivity (Wildman–Crippen MR) is 60.4 cm³/mol. The maximum Gasteiger partial charge on any atom is 0.0976 e. The molecule has 1 aromatic heterocycles. The van der Waals surface area contributed by atoms with E-state index in [0.29, 0.717) is 15.1 Å². The highest BCUT2D eigenvalue weighted by Crippen LogP contribution is 2.31. The Bertz CT molecular complexity index is 266. The van der Waals surface area contributed by atoms with Crippen LogP contribution in [0.25, 0.3) is 0 Å². The van der Waals surface area contributed by atoms with E-state index in [1.54, 1.807) is 6.07 Å². The van der Waals surface area contributed by atoms with E-state index in [4.69, 9.17) is 34.0 Å². The van der Waals surface area contributed by atoms with Crippen molar-refractivity contribution in [2.24, 2.45) is 5.73 Å². The van der Waals surface area contributed by atoms with Crippen molar-refractivity contribution < 1.29 is 5.11 Å². The van der Waals surface area contributed by atoms with Crippen LogP contribution in [0.15, 0.2) is 6.07 Å².